The molecule has 1 N–H and O–H groups in total. The molecule has 2 heterocycles. The Morgan fingerprint density at radius 2 is 2.06 bits per heavy atom. The Labute approximate surface area is 192 Å². The molecule has 8 nitrogen and oxygen atoms in total. The number of carbonyl (C=O) groups excluding carboxylic acids is 2. The highest BCUT2D eigenvalue weighted by molar-refractivity contribution is 5.77. The number of hydrogen-bond acceptors (Lipinski definition) is 6. The molecule has 0 bridgehead atoms. The van der Waals surface area contributed by atoms with Gasteiger partial charge in [-0.15, -0.1) is 5.10 Å². The molecule has 1 aliphatic heterocycles. The van der Waals surface area contributed by atoms with Crippen molar-refractivity contribution in [3.63, 3.8) is 0 Å². The number of fused-ring (bicyclic) bond motifs is 1. The zero-order valence-corrected chi connectivity index (χ0v) is 18.6. The van der Waals surface area contributed by atoms with Gasteiger partial charge < -0.3 is 19.7 Å². The molecule has 1 aromatic heterocycles. The molecule has 0 spiro atoms. The second kappa shape index (κ2) is 10.1. The second-order valence-electron chi connectivity index (χ2n) is 7.95. The van der Waals surface area contributed by atoms with Crippen LogP contribution in [0.1, 0.15) is 35.2 Å². The predicted molar refractivity (Wildman–Crippen MR) is 124 cm³/mol. The molecule has 1 atom stereocenters. The van der Waals surface area contributed by atoms with Crippen molar-refractivity contribution < 1.29 is 14.3 Å². The molecular formula is C25H27N5O3. The number of amides is 1. The molecule has 0 radical (unpaired) electrons. The van der Waals surface area contributed by atoms with E-state index in [1.54, 1.807) is 11.7 Å². The first-order valence-electron chi connectivity index (χ1n) is 10.9. The Hall–Kier alpha value is -3.94. The van der Waals surface area contributed by atoms with Gasteiger partial charge in [-0.1, -0.05) is 54.3 Å². The maximum atomic E-state index is 11.8. The lowest BCUT2D eigenvalue weighted by Crippen LogP contribution is -2.32. The van der Waals surface area contributed by atoms with Gasteiger partial charge in [0.2, 0.25) is 5.91 Å². The highest BCUT2D eigenvalue weighted by Crippen LogP contribution is 2.39. The maximum absolute atomic E-state index is 11.8. The minimum Gasteiger partial charge on any atom is -0.487 e. The Balaban J connectivity index is 1.41. The van der Waals surface area contributed by atoms with Gasteiger partial charge in [0.25, 0.3) is 0 Å². The number of aldehydes is 1. The third-order valence-electron chi connectivity index (χ3n) is 5.77. The second-order valence-corrected chi connectivity index (χ2v) is 7.95. The van der Waals surface area contributed by atoms with Crippen molar-refractivity contribution in [2.75, 3.05) is 7.05 Å². The summed E-state index contributed by atoms with van der Waals surface area (Å²) in [5.41, 5.74) is 4.57. The molecule has 3 aromatic rings. The fraction of sp³-hybridized carbons (Fsp3) is 0.280. The number of ether oxygens (including phenoxy) is 1. The Bertz CT molecular complexity index is 1140. The van der Waals surface area contributed by atoms with E-state index in [2.05, 4.69) is 22.2 Å². The summed E-state index contributed by atoms with van der Waals surface area (Å²) in [6.07, 6.45) is 3.47. The number of nitrogens with zero attached hydrogens (tertiary/aromatic N) is 4. The van der Waals surface area contributed by atoms with Crippen LogP contribution in [0.4, 0.5) is 0 Å². The van der Waals surface area contributed by atoms with Crippen molar-refractivity contribution in [1.82, 2.24) is 25.2 Å². The fourth-order valence-corrected chi connectivity index (χ4v) is 3.98. The highest BCUT2D eigenvalue weighted by atomic mass is 16.5. The highest BCUT2D eigenvalue weighted by Gasteiger charge is 2.30. The smallest absolute Gasteiger partial charge is 0.219 e. The molecule has 8 heteroatoms. The number of rotatable bonds is 10. The van der Waals surface area contributed by atoms with E-state index in [1.807, 2.05) is 59.6 Å². The van der Waals surface area contributed by atoms with Crippen LogP contribution in [0, 0.1) is 0 Å². The number of aromatic nitrogens is 3. The Morgan fingerprint density at radius 3 is 2.82 bits per heavy atom. The van der Waals surface area contributed by atoms with Gasteiger partial charge >= 0.3 is 0 Å². The lowest BCUT2D eigenvalue weighted by atomic mass is 10.1. The third-order valence-corrected chi connectivity index (χ3v) is 5.77. The van der Waals surface area contributed by atoms with E-state index in [0.29, 0.717) is 19.5 Å². The SMILES string of the molecule is C=C1c2cccc(OCc3cn(Cc4ccccc4)nn3)c2CN1C(C=O)CCC(=O)NC. The van der Waals surface area contributed by atoms with Gasteiger partial charge in [-0.3, -0.25) is 4.79 Å². The van der Waals surface area contributed by atoms with Crippen molar-refractivity contribution >= 4 is 17.9 Å². The van der Waals surface area contributed by atoms with Crippen LogP contribution in [-0.4, -0.2) is 45.2 Å². The van der Waals surface area contributed by atoms with E-state index in [-0.39, 0.29) is 18.9 Å². The molecule has 0 saturated heterocycles. The summed E-state index contributed by atoms with van der Waals surface area (Å²) in [5, 5.41) is 11.0. The van der Waals surface area contributed by atoms with Crippen molar-refractivity contribution in [2.24, 2.45) is 0 Å². The zero-order chi connectivity index (χ0) is 23.2. The average Bonchev–Trinajstić information content (AvgIpc) is 3.43. The van der Waals surface area contributed by atoms with Crippen LogP contribution in [0.2, 0.25) is 0 Å². The number of carbonyl (C=O) groups is 2. The molecule has 0 aliphatic carbocycles. The van der Waals surface area contributed by atoms with E-state index in [9.17, 15) is 9.59 Å². The lowest BCUT2D eigenvalue weighted by Gasteiger charge is -2.26. The molecule has 1 unspecified atom stereocenters. The van der Waals surface area contributed by atoms with Crippen LogP contribution < -0.4 is 10.1 Å². The first kappa shape index (κ1) is 22.3. The monoisotopic (exact) mass is 445 g/mol. The van der Waals surface area contributed by atoms with Crippen molar-refractivity contribution in [3.8, 4) is 5.75 Å². The van der Waals surface area contributed by atoms with Crippen LogP contribution >= 0.6 is 0 Å². The van der Waals surface area contributed by atoms with Gasteiger partial charge in [0.15, 0.2) is 0 Å². The summed E-state index contributed by atoms with van der Waals surface area (Å²) in [6.45, 7) is 5.61. The molecule has 2 aromatic carbocycles. The molecule has 1 amide bonds. The van der Waals surface area contributed by atoms with Gasteiger partial charge in [-0.25, -0.2) is 4.68 Å². The van der Waals surface area contributed by atoms with Crippen LogP contribution in [0.5, 0.6) is 5.75 Å². The minimum absolute atomic E-state index is 0.0893. The van der Waals surface area contributed by atoms with Crippen LogP contribution in [-0.2, 0) is 29.3 Å². The van der Waals surface area contributed by atoms with Crippen molar-refractivity contribution in [3.05, 3.63) is 83.7 Å². The lowest BCUT2D eigenvalue weighted by molar-refractivity contribution is -0.121. The molecule has 0 fully saturated rings. The van der Waals surface area contributed by atoms with Gasteiger partial charge in [0.1, 0.15) is 24.3 Å². The van der Waals surface area contributed by atoms with Gasteiger partial charge in [0, 0.05) is 36.8 Å². The average molecular weight is 446 g/mol. The summed E-state index contributed by atoms with van der Waals surface area (Å²) in [7, 11) is 1.59. The van der Waals surface area contributed by atoms with E-state index in [4.69, 9.17) is 4.74 Å². The molecule has 1 aliphatic rings. The zero-order valence-electron chi connectivity index (χ0n) is 18.6. The fourth-order valence-electron chi connectivity index (χ4n) is 3.98. The van der Waals surface area contributed by atoms with E-state index in [1.165, 1.54) is 0 Å². The molecule has 33 heavy (non-hydrogen) atoms. The van der Waals surface area contributed by atoms with Crippen molar-refractivity contribution in [2.45, 2.75) is 38.6 Å². The van der Waals surface area contributed by atoms with E-state index >= 15 is 0 Å². The Morgan fingerprint density at radius 1 is 1.24 bits per heavy atom. The summed E-state index contributed by atoms with van der Waals surface area (Å²) in [4.78, 5) is 25.3. The molecule has 0 saturated carbocycles. The summed E-state index contributed by atoms with van der Waals surface area (Å²) < 4.78 is 7.87. The normalized spacial score (nSPS) is 13.5. The number of benzene rings is 2. The van der Waals surface area contributed by atoms with Crippen LogP contribution in [0.3, 0.4) is 0 Å². The van der Waals surface area contributed by atoms with Gasteiger partial charge in [0.05, 0.1) is 18.8 Å². The predicted octanol–water partition coefficient (Wildman–Crippen LogP) is 2.79. The quantitative estimate of drug-likeness (QED) is 0.483. The number of hydrogen-bond donors (Lipinski definition) is 1. The van der Waals surface area contributed by atoms with Crippen LogP contribution in [0.15, 0.2) is 61.3 Å². The van der Waals surface area contributed by atoms with E-state index < -0.39 is 6.04 Å². The van der Waals surface area contributed by atoms with Crippen molar-refractivity contribution in [1.29, 1.82) is 0 Å². The summed E-state index contributed by atoms with van der Waals surface area (Å²) in [6, 6.07) is 15.4. The summed E-state index contributed by atoms with van der Waals surface area (Å²) >= 11 is 0. The third kappa shape index (κ3) is 5.11. The minimum atomic E-state index is -0.423. The number of nitrogens with one attached hydrogen (secondary N) is 1. The first-order valence-corrected chi connectivity index (χ1v) is 10.9. The van der Waals surface area contributed by atoms with Gasteiger partial charge in [-0.05, 0) is 18.1 Å². The maximum Gasteiger partial charge on any atom is 0.219 e. The van der Waals surface area contributed by atoms with E-state index in [0.717, 1.165) is 40.1 Å². The molecule has 170 valence electrons. The first-order chi connectivity index (χ1) is 16.1. The van der Waals surface area contributed by atoms with Gasteiger partial charge in [-0.2, -0.15) is 0 Å². The molecular weight excluding hydrogens is 418 g/mol. The standard InChI is InChI=1S/C25H27N5O3/c1-18-22-9-6-10-24(23(22)15-30(18)21(16-31)11-12-25(32)26-2)33-17-20-14-29(28-27-20)13-19-7-4-3-5-8-19/h3-10,14,16,21H,1,11-13,15,17H2,2H3,(H,26,32). The van der Waals surface area contributed by atoms with Crippen LogP contribution in [0.25, 0.3) is 5.70 Å². The summed E-state index contributed by atoms with van der Waals surface area (Å²) in [5.74, 6) is 0.637. The largest absolute Gasteiger partial charge is 0.487 e. The molecule has 4 rings (SSSR count). The topological polar surface area (TPSA) is 89.3 Å². The Kier molecular flexibility index (Phi) is 6.83.